The number of hydrogen-bond donors (Lipinski definition) is 1. The molecule has 190 valence electrons. The van der Waals surface area contributed by atoms with Crippen LogP contribution in [0.5, 0.6) is 11.6 Å². The molecule has 0 amide bonds. The minimum Gasteiger partial charge on any atom is -0.491 e. The first kappa shape index (κ1) is 25.3. The SMILES string of the molecule is CCOc1nc([C@H](CS(C)(=O)=O)n2c(=O)[nH]c3c(C)c(-c4c(F)cccc4F)cnc32)ccc1OC. The lowest BCUT2D eigenvalue weighted by Crippen LogP contribution is -2.29. The van der Waals surface area contributed by atoms with Gasteiger partial charge in [-0.2, -0.15) is 0 Å². The van der Waals surface area contributed by atoms with Gasteiger partial charge in [-0.05, 0) is 43.7 Å². The van der Waals surface area contributed by atoms with Crippen LogP contribution in [0, 0.1) is 18.6 Å². The lowest BCUT2D eigenvalue weighted by Gasteiger charge is -2.19. The highest BCUT2D eigenvalue weighted by Gasteiger charge is 2.28. The topological polar surface area (TPSA) is 116 Å². The van der Waals surface area contributed by atoms with Crippen LogP contribution in [0.25, 0.3) is 22.3 Å². The number of pyridine rings is 2. The monoisotopic (exact) mass is 518 g/mol. The summed E-state index contributed by atoms with van der Waals surface area (Å²) in [6.45, 7) is 3.64. The molecular formula is C24H24F2N4O5S. The predicted octanol–water partition coefficient (Wildman–Crippen LogP) is 3.41. The quantitative estimate of drug-likeness (QED) is 0.380. The molecular weight excluding hydrogens is 494 g/mol. The Morgan fingerprint density at radius 2 is 1.86 bits per heavy atom. The maximum Gasteiger partial charge on any atom is 0.328 e. The summed E-state index contributed by atoms with van der Waals surface area (Å²) in [6, 6.07) is 5.54. The molecule has 1 atom stereocenters. The number of rotatable bonds is 8. The molecule has 0 radical (unpaired) electrons. The van der Waals surface area contributed by atoms with E-state index >= 15 is 0 Å². The average molecular weight is 519 g/mol. The maximum atomic E-state index is 14.5. The zero-order valence-corrected chi connectivity index (χ0v) is 20.8. The number of hydrogen-bond acceptors (Lipinski definition) is 7. The highest BCUT2D eigenvalue weighted by atomic mass is 32.2. The molecule has 12 heteroatoms. The number of H-pyrrole nitrogens is 1. The standard InChI is InChI=1S/C24H24F2N4O5S/c1-5-35-23-19(34-3)10-9-17(28-23)18(12-36(4,32)33)30-22-21(29-24(30)31)13(2)14(11-27-22)20-15(25)7-6-8-16(20)26/h6-11,18H,5,12H2,1-4H3,(H,29,31)/t18-/m0/s1. The largest absolute Gasteiger partial charge is 0.491 e. The Morgan fingerprint density at radius 3 is 2.47 bits per heavy atom. The normalized spacial score (nSPS) is 12.6. The van der Waals surface area contributed by atoms with Crippen LogP contribution in [0.4, 0.5) is 8.78 Å². The number of fused-ring (bicyclic) bond motifs is 1. The number of ether oxygens (including phenoxy) is 2. The molecule has 0 spiro atoms. The van der Waals surface area contributed by atoms with Crippen LogP contribution in [0.3, 0.4) is 0 Å². The van der Waals surface area contributed by atoms with E-state index in [0.29, 0.717) is 11.3 Å². The summed E-state index contributed by atoms with van der Waals surface area (Å²) >= 11 is 0. The minimum atomic E-state index is -3.61. The number of aromatic amines is 1. The number of sulfone groups is 1. The molecule has 0 saturated carbocycles. The van der Waals surface area contributed by atoms with Crippen molar-refractivity contribution in [3.05, 3.63) is 69.9 Å². The van der Waals surface area contributed by atoms with E-state index < -0.39 is 39.0 Å². The van der Waals surface area contributed by atoms with Gasteiger partial charge in [0.05, 0.1) is 42.3 Å². The van der Waals surface area contributed by atoms with Crippen molar-refractivity contribution in [2.24, 2.45) is 0 Å². The summed E-state index contributed by atoms with van der Waals surface area (Å²) in [5.74, 6) is -1.53. The number of halogens is 2. The molecule has 36 heavy (non-hydrogen) atoms. The van der Waals surface area contributed by atoms with Crippen molar-refractivity contribution >= 4 is 21.0 Å². The van der Waals surface area contributed by atoms with Gasteiger partial charge < -0.3 is 14.5 Å². The number of methoxy groups -OCH3 is 1. The molecule has 0 unspecified atom stereocenters. The van der Waals surface area contributed by atoms with Crippen LogP contribution < -0.4 is 15.2 Å². The Labute approximate surface area is 205 Å². The van der Waals surface area contributed by atoms with Crippen molar-refractivity contribution in [2.75, 3.05) is 25.7 Å². The third-order valence-electron chi connectivity index (χ3n) is 5.69. The number of nitrogens with one attached hydrogen (secondary N) is 1. The maximum absolute atomic E-state index is 14.5. The second-order valence-electron chi connectivity index (χ2n) is 8.18. The van der Waals surface area contributed by atoms with E-state index in [1.54, 1.807) is 26.0 Å². The number of nitrogens with zero attached hydrogens (tertiary/aromatic N) is 3. The van der Waals surface area contributed by atoms with Gasteiger partial charge in [-0.25, -0.2) is 32.0 Å². The van der Waals surface area contributed by atoms with Gasteiger partial charge in [-0.15, -0.1) is 0 Å². The molecule has 0 aliphatic rings. The van der Waals surface area contributed by atoms with E-state index in [0.717, 1.165) is 18.4 Å². The Morgan fingerprint density at radius 1 is 1.17 bits per heavy atom. The van der Waals surface area contributed by atoms with Gasteiger partial charge in [0.15, 0.2) is 11.4 Å². The van der Waals surface area contributed by atoms with Gasteiger partial charge in [0, 0.05) is 18.0 Å². The molecule has 3 aromatic heterocycles. The molecule has 4 aromatic rings. The van der Waals surface area contributed by atoms with Crippen LogP contribution in [-0.4, -0.2) is 53.7 Å². The lowest BCUT2D eigenvalue weighted by molar-refractivity contribution is 0.296. The lowest BCUT2D eigenvalue weighted by atomic mass is 10.0. The zero-order chi connectivity index (χ0) is 26.2. The van der Waals surface area contributed by atoms with Crippen LogP contribution in [0.15, 0.2) is 41.3 Å². The van der Waals surface area contributed by atoms with Crippen molar-refractivity contribution in [1.29, 1.82) is 0 Å². The third-order valence-corrected chi connectivity index (χ3v) is 6.61. The number of aryl methyl sites for hydroxylation is 1. The van der Waals surface area contributed by atoms with Gasteiger partial charge >= 0.3 is 5.69 Å². The second-order valence-corrected chi connectivity index (χ2v) is 10.4. The second kappa shape index (κ2) is 9.69. The van der Waals surface area contributed by atoms with E-state index in [2.05, 4.69) is 15.0 Å². The molecule has 3 heterocycles. The Hall–Kier alpha value is -3.80. The van der Waals surface area contributed by atoms with E-state index in [-0.39, 0.29) is 40.5 Å². The summed E-state index contributed by atoms with van der Waals surface area (Å²) in [6.07, 6.45) is 2.30. The van der Waals surface area contributed by atoms with Gasteiger partial charge in [-0.1, -0.05) is 6.07 Å². The highest BCUT2D eigenvalue weighted by Crippen LogP contribution is 2.33. The highest BCUT2D eigenvalue weighted by molar-refractivity contribution is 7.90. The minimum absolute atomic E-state index is 0.113. The van der Waals surface area contributed by atoms with Crippen LogP contribution >= 0.6 is 0 Å². The van der Waals surface area contributed by atoms with Gasteiger partial charge in [0.1, 0.15) is 21.5 Å². The summed E-state index contributed by atoms with van der Waals surface area (Å²) in [5.41, 5.74) is 0.165. The Kier molecular flexibility index (Phi) is 6.81. The summed E-state index contributed by atoms with van der Waals surface area (Å²) in [4.78, 5) is 24.5. The smallest absolute Gasteiger partial charge is 0.328 e. The van der Waals surface area contributed by atoms with Crippen LogP contribution in [0.1, 0.15) is 24.2 Å². The van der Waals surface area contributed by atoms with Crippen molar-refractivity contribution in [2.45, 2.75) is 19.9 Å². The van der Waals surface area contributed by atoms with Gasteiger partial charge in [0.2, 0.25) is 0 Å². The summed E-state index contributed by atoms with van der Waals surface area (Å²) in [7, 11) is -2.16. The zero-order valence-electron chi connectivity index (χ0n) is 20.0. The van der Waals surface area contributed by atoms with Crippen molar-refractivity contribution in [3.8, 4) is 22.8 Å². The molecule has 1 aromatic carbocycles. The Bertz CT molecular complexity index is 1590. The van der Waals surface area contributed by atoms with E-state index in [1.165, 1.54) is 23.9 Å². The first-order valence-corrected chi connectivity index (χ1v) is 13.0. The summed E-state index contributed by atoms with van der Waals surface area (Å²) in [5, 5.41) is 0. The fraction of sp³-hybridized carbons (Fsp3) is 0.292. The van der Waals surface area contributed by atoms with Crippen molar-refractivity contribution in [3.63, 3.8) is 0 Å². The van der Waals surface area contributed by atoms with Gasteiger partial charge in [-0.3, -0.25) is 4.57 Å². The molecule has 0 fully saturated rings. The number of aromatic nitrogens is 4. The number of benzene rings is 1. The molecule has 0 saturated heterocycles. The Balaban J connectivity index is 1.95. The van der Waals surface area contributed by atoms with E-state index in [1.807, 2.05) is 0 Å². The van der Waals surface area contributed by atoms with Gasteiger partial charge in [0.25, 0.3) is 5.88 Å². The molecule has 0 bridgehead atoms. The molecule has 1 N–H and O–H groups in total. The van der Waals surface area contributed by atoms with Crippen molar-refractivity contribution in [1.82, 2.24) is 19.5 Å². The molecule has 4 rings (SSSR count). The molecule has 0 aliphatic carbocycles. The predicted molar refractivity (Wildman–Crippen MR) is 130 cm³/mol. The fourth-order valence-corrected chi connectivity index (χ4v) is 4.98. The average Bonchev–Trinajstić information content (AvgIpc) is 3.15. The fourth-order valence-electron chi connectivity index (χ4n) is 4.08. The first-order valence-electron chi connectivity index (χ1n) is 10.9. The first-order chi connectivity index (χ1) is 17.1. The number of imidazole rings is 1. The van der Waals surface area contributed by atoms with E-state index in [4.69, 9.17) is 9.47 Å². The van der Waals surface area contributed by atoms with Crippen LogP contribution in [-0.2, 0) is 9.84 Å². The van der Waals surface area contributed by atoms with Crippen LogP contribution in [0.2, 0.25) is 0 Å². The summed E-state index contributed by atoms with van der Waals surface area (Å²) < 4.78 is 65.6. The van der Waals surface area contributed by atoms with E-state index in [9.17, 15) is 22.0 Å². The van der Waals surface area contributed by atoms with Crippen molar-refractivity contribution < 1.29 is 26.7 Å². The molecule has 0 aliphatic heterocycles. The third kappa shape index (κ3) is 4.68. The molecule has 9 nitrogen and oxygen atoms in total.